The first kappa shape index (κ1) is 34.5. The van der Waals surface area contributed by atoms with Crippen LogP contribution in [0.25, 0.3) is 0 Å². The van der Waals surface area contributed by atoms with Gasteiger partial charge in [0.25, 0.3) is 0 Å². The second-order valence-corrected chi connectivity index (χ2v) is 13.5. The highest BCUT2D eigenvalue weighted by atomic mass is 32.2. The monoisotopic (exact) mass is 664 g/mol. The summed E-state index contributed by atoms with van der Waals surface area (Å²) in [5.74, 6) is -0.410. The molecule has 4 aromatic carbocycles. The molecular weight excluding hydrogens is 625 g/mol. The lowest BCUT2D eigenvalue weighted by atomic mass is 10.1. The van der Waals surface area contributed by atoms with Gasteiger partial charge >= 0.3 is 5.97 Å². The first-order chi connectivity index (χ1) is 23.2. The summed E-state index contributed by atoms with van der Waals surface area (Å²) in [5.41, 5.74) is 4.69. The van der Waals surface area contributed by atoms with Crippen molar-refractivity contribution >= 4 is 15.8 Å². The maximum atomic E-state index is 13.7. The van der Waals surface area contributed by atoms with Gasteiger partial charge < -0.3 is 14.6 Å². The molecule has 0 aliphatic carbocycles. The van der Waals surface area contributed by atoms with Crippen molar-refractivity contribution in [3.8, 4) is 5.75 Å². The van der Waals surface area contributed by atoms with Crippen LogP contribution in [0, 0.1) is 6.92 Å². The number of esters is 1. The van der Waals surface area contributed by atoms with Gasteiger partial charge in [-0.05, 0) is 73.4 Å². The zero-order valence-corrected chi connectivity index (χ0v) is 28.0. The lowest BCUT2D eigenvalue weighted by Crippen LogP contribution is -2.30. The van der Waals surface area contributed by atoms with E-state index in [1.165, 1.54) is 18.2 Å². The predicted octanol–water partition coefficient (Wildman–Crippen LogP) is 6.76. The van der Waals surface area contributed by atoms with Crippen LogP contribution in [-0.4, -0.2) is 49.1 Å². The normalized spacial score (nSPS) is 12.1. The summed E-state index contributed by atoms with van der Waals surface area (Å²) < 4.78 is 38.5. The van der Waals surface area contributed by atoms with Crippen LogP contribution in [0.15, 0.2) is 131 Å². The molecule has 5 rings (SSSR count). The summed E-state index contributed by atoms with van der Waals surface area (Å²) in [5, 5.41) is 11.0. The number of ether oxygens (including phenoxy) is 2. The van der Waals surface area contributed by atoms with Gasteiger partial charge in [0.1, 0.15) is 17.9 Å². The number of aromatic nitrogens is 1. The third-order valence-electron chi connectivity index (χ3n) is 7.94. The predicted molar refractivity (Wildman–Crippen MR) is 184 cm³/mol. The van der Waals surface area contributed by atoms with Crippen LogP contribution in [0.5, 0.6) is 5.75 Å². The minimum absolute atomic E-state index is 0.0287. The van der Waals surface area contributed by atoms with Crippen molar-refractivity contribution in [2.75, 3.05) is 19.7 Å². The van der Waals surface area contributed by atoms with Crippen LogP contribution in [0.2, 0.25) is 0 Å². The van der Waals surface area contributed by atoms with Crippen LogP contribution in [0.4, 0.5) is 0 Å². The van der Waals surface area contributed by atoms with E-state index in [-0.39, 0.29) is 34.3 Å². The third kappa shape index (κ3) is 9.16. The summed E-state index contributed by atoms with van der Waals surface area (Å²) in [6.07, 6.45) is 1.65. The van der Waals surface area contributed by atoms with Gasteiger partial charge in [-0.3, -0.25) is 9.88 Å². The van der Waals surface area contributed by atoms with E-state index in [1.807, 2.05) is 67.6 Å². The number of aryl methyl sites for hydroxylation is 1. The Labute approximate surface area is 282 Å². The van der Waals surface area contributed by atoms with Gasteiger partial charge in [-0.25, -0.2) is 13.2 Å². The van der Waals surface area contributed by atoms with Crippen molar-refractivity contribution in [1.29, 1.82) is 0 Å². The number of sulfone groups is 1. The Kier molecular flexibility index (Phi) is 11.7. The molecule has 0 saturated heterocycles. The standard InChI is InChI=1S/C39H40N2O6S/c1-3-46-39(43)36-24-35(20-21-38(36)47-28-32-12-8-5-9-13-32)48(44,45)34-18-15-30(16-19-34)22-23-41(26-31-10-6-4-7-11-31)27-37(42)33-17-14-29(2)40-25-33/h4-21,24-25,37,42H,3,22-23,26-28H2,1-2H3/t37-/m1/s1. The molecular formula is C39H40N2O6S. The summed E-state index contributed by atoms with van der Waals surface area (Å²) in [7, 11) is -3.94. The number of hydrogen-bond acceptors (Lipinski definition) is 8. The van der Waals surface area contributed by atoms with E-state index >= 15 is 0 Å². The summed E-state index contributed by atoms with van der Waals surface area (Å²) >= 11 is 0. The SMILES string of the molecule is CCOC(=O)c1cc(S(=O)(=O)c2ccc(CCN(Cc3ccccc3)C[C@@H](O)c3ccc(C)nc3)cc2)ccc1OCc1ccccc1. The van der Waals surface area contributed by atoms with Gasteiger partial charge in [0.05, 0.1) is 22.5 Å². The van der Waals surface area contributed by atoms with Gasteiger partial charge in [-0.2, -0.15) is 0 Å². The van der Waals surface area contributed by atoms with Crippen molar-refractivity contribution in [3.63, 3.8) is 0 Å². The molecule has 248 valence electrons. The highest BCUT2D eigenvalue weighted by Gasteiger charge is 2.23. The average Bonchev–Trinajstić information content (AvgIpc) is 3.11. The molecule has 1 N–H and O–H groups in total. The summed E-state index contributed by atoms with van der Waals surface area (Å²) in [6.45, 7) is 5.66. The Morgan fingerprint density at radius 1 is 0.833 bits per heavy atom. The van der Waals surface area contributed by atoms with Crippen LogP contribution in [-0.2, 0) is 34.1 Å². The minimum atomic E-state index is -3.94. The van der Waals surface area contributed by atoms with Gasteiger partial charge in [-0.1, -0.05) is 78.9 Å². The van der Waals surface area contributed by atoms with Crippen LogP contribution >= 0.6 is 0 Å². The topological polar surface area (TPSA) is 106 Å². The molecule has 0 aliphatic rings. The zero-order valence-electron chi connectivity index (χ0n) is 27.2. The Balaban J connectivity index is 1.30. The molecule has 48 heavy (non-hydrogen) atoms. The third-order valence-corrected chi connectivity index (χ3v) is 9.71. The fraction of sp³-hybridized carbons (Fsp3) is 0.231. The van der Waals surface area contributed by atoms with Crippen molar-refractivity contribution in [3.05, 3.63) is 155 Å². The van der Waals surface area contributed by atoms with E-state index in [4.69, 9.17) is 9.47 Å². The number of nitrogens with zero attached hydrogens (tertiary/aromatic N) is 2. The molecule has 8 nitrogen and oxygen atoms in total. The fourth-order valence-electron chi connectivity index (χ4n) is 5.27. The highest BCUT2D eigenvalue weighted by Crippen LogP contribution is 2.29. The number of pyridine rings is 1. The molecule has 5 aromatic rings. The molecule has 0 spiro atoms. The zero-order chi connectivity index (χ0) is 33.9. The molecule has 1 aromatic heterocycles. The van der Waals surface area contributed by atoms with Crippen LogP contribution < -0.4 is 4.74 Å². The molecule has 0 unspecified atom stereocenters. The second kappa shape index (κ2) is 16.3. The van der Waals surface area contributed by atoms with Gasteiger partial charge in [-0.15, -0.1) is 0 Å². The summed E-state index contributed by atoms with van der Waals surface area (Å²) in [4.78, 5) is 19.4. The van der Waals surface area contributed by atoms with Crippen LogP contribution in [0.1, 0.15) is 51.3 Å². The first-order valence-corrected chi connectivity index (χ1v) is 17.4. The fourth-order valence-corrected chi connectivity index (χ4v) is 6.55. The molecule has 0 aliphatic heterocycles. The molecule has 0 amide bonds. The molecule has 1 atom stereocenters. The number of carbonyl (C=O) groups excluding carboxylic acids is 1. The number of benzene rings is 4. The maximum Gasteiger partial charge on any atom is 0.341 e. The van der Waals surface area contributed by atoms with Crippen molar-refractivity contribution < 1.29 is 27.8 Å². The lowest BCUT2D eigenvalue weighted by Gasteiger charge is -2.25. The Hall–Kier alpha value is -4.83. The van der Waals surface area contributed by atoms with Crippen molar-refractivity contribution in [2.45, 2.75) is 49.3 Å². The Morgan fingerprint density at radius 3 is 2.15 bits per heavy atom. The number of hydrogen-bond donors (Lipinski definition) is 1. The number of aliphatic hydroxyl groups excluding tert-OH is 1. The van der Waals surface area contributed by atoms with E-state index < -0.39 is 21.9 Å². The van der Waals surface area contributed by atoms with Crippen molar-refractivity contribution in [1.82, 2.24) is 9.88 Å². The number of aliphatic hydroxyl groups is 1. The lowest BCUT2D eigenvalue weighted by molar-refractivity contribution is 0.0521. The van der Waals surface area contributed by atoms with E-state index in [1.54, 1.807) is 37.4 Å². The van der Waals surface area contributed by atoms with E-state index in [2.05, 4.69) is 22.0 Å². The van der Waals surface area contributed by atoms with E-state index in [0.29, 0.717) is 26.1 Å². The largest absolute Gasteiger partial charge is 0.488 e. The van der Waals surface area contributed by atoms with Crippen molar-refractivity contribution in [2.24, 2.45) is 0 Å². The quantitative estimate of drug-likeness (QED) is 0.123. The van der Waals surface area contributed by atoms with Gasteiger partial charge in [0, 0.05) is 37.1 Å². The maximum absolute atomic E-state index is 13.7. The Bertz CT molecular complexity index is 1880. The molecule has 0 fully saturated rings. The van der Waals surface area contributed by atoms with Gasteiger partial charge in [0.2, 0.25) is 9.84 Å². The second-order valence-electron chi connectivity index (χ2n) is 11.5. The molecule has 0 saturated carbocycles. The molecule has 1 heterocycles. The van der Waals surface area contributed by atoms with Gasteiger partial charge in [0.15, 0.2) is 0 Å². The Morgan fingerprint density at radius 2 is 1.50 bits per heavy atom. The summed E-state index contributed by atoms with van der Waals surface area (Å²) in [6, 6.07) is 34.4. The first-order valence-electron chi connectivity index (χ1n) is 15.9. The number of carbonyl (C=O) groups is 1. The number of rotatable bonds is 15. The van der Waals surface area contributed by atoms with E-state index in [9.17, 15) is 18.3 Å². The highest BCUT2D eigenvalue weighted by molar-refractivity contribution is 7.91. The smallest absolute Gasteiger partial charge is 0.341 e. The van der Waals surface area contributed by atoms with E-state index in [0.717, 1.165) is 27.9 Å². The molecule has 0 radical (unpaired) electrons. The van der Waals surface area contributed by atoms with Crippen LogP contribution in [0.3, 0.4) is 0 Å². The average molecular weight is 665 g/mol. The molecule has 9 heteroatoms. The molecule has 0 bridgehead atoms. The minimum Gasteiger partial charge on any atom is -0.488 e.